The molecule has 0 aromatic heterocycles. The van der Waals surface area contributed by atoms with Crippen molar-refractivity contribution in [2.45, 2.75) is 32.7 Å². The summed E-state index contributed by atoms with van der Waals surface area (Å²) in [7, 11) is 0. The molecule has 2 aromatic carbocycles. The second kappa shape index (κ2) is 10.7. The molecule has 1 N–H and O–H groups in total. The Hall–Kier alpha value is -1.75. The van der Waals surface area contributed by atoms with E-state index >= 15 is 0 Å². The van der Waals surface area contributed by atoms with Gasteiger partial charge in [0.05, 0.1) is 6.04 Å². The van der Waals surface area contributed by atoms with Crippen LogP contribution in [0.4, 0.5) is 0 Å². The third kappa shape index (κ3) is 6.13. The molecule has 1 unspecified atom stereocenters. The minimum atomic E-state index is -0.120. The second-order valence-corrected chi connectivity index (χ2v) is 7.60. The fourth-order valence-electron chi connectivity index (χ4n) is 3.66. The number of nitrogens with zero attached hydrogens (tertiary/aromatic N) is 1. The summed E-state index contributed by atoms with van der Waals surface area (Å²) in [6, 6.07) is 13.9. The third-order valence-corrected chi connectivity index (χ3v) is 5.25. The van der Waals surface area contributed by atoms with Crippen LogP contribution in [0.5, 0.6) is 5.75 Å². The van der Waals surface area contributed by atoms with Gasteiger partial charge >= 0.3 is 0 Å². The van der Waals surface area contributed by atoms with Crippen LogP contribution in [0.15, 0.2) is 42.5 Å². The van der Waals surface area contributed by atoms with Gasteiger partial charge < -0.3 is 10.1 Å². The van der Waals surface area contributed by atoms with Gasteiger partial charge in [0, 0.05) is 11.6 Å². The highest BCUT2D eigenvalue weighted by molar-refractivity contribution is 6.31. The third-order valence-electron chi connectivity index (χ3n) is 4.90. The number of likely N-dealkylation sites (tertiary alicyclic amines) is 1. The summed E-state index contributed by atoms with van der Waals surface area (Å²) < 4.78 is 5.66. The van der Waals surface area contributed by atoms with Crippen molar-refractivity contribution in [2.75, 3.05) is 26.2 Å². The zero-order valence-electron chi connectivity index (χ0n) is 16.4. The monoisotopic (exact) mass is 422 g/mol. The van der Waals surface area contributed by atoms with Gasteiger partial charge in [-0.05, 0) is 74.7 Å². The Morgan fingerprint density at radius 1 is 1.14 bits per heavy atom. The van der Waals surface area contributed by atoms with Gasteiger partial charge in [-0.2, -0.15) is 0 Å². The molecule has 1 aliphatic heterocycles. The van der Waals surface area contributed by atoms with Gasteiger partial charge in [-0.25, -0.2) is 0 Å². The number of nitrogens with one attached hydrogen (secondary N) is 1. The molecule has 0 aliphatic carbocycles. The van der Waals surface area contributed by atoms with E-state index in [1.807, 2.05) is 50.2 Å². The summed E-state index contributed by atoms with van der Waals surface area (Å²) in [6.45, 7) is 6.64. The van der Waals surface area contributed by atoms with Crippen LogP contribution in [0.1, 0.15) is 35.6 Å². The normalized spacial score (nSPS) is 15.0. The molecule has 28 heavy (non-hydrogen) atoms. The van der Waals surface area contributed by atoms with Crippen LogP contribution in [0.2, 0.25) is 5.02 Å². The summed E-state index contributed by atoms with van der Waals surface area (Å²) in [5, 5.41) is 3.77. The molecule has 1 aliphatic rings. The predicted octanol–water partition coefficient (Wildman–Crippen LogP) is 4.71. The molecular weight excluding hydrogens is 395 g/mol. The van der Waals surface area contributed by atoms with Gasteiger partial charge in [-0.15, -0.1) is 12.4 Å². The fourth-order valence-corrected chi connectivity index (χ4v) is 3.92. The van der Waals surface area contributed by atoms with Crippen LogP contribution in [0, 0.1) is 13.8 Å². The standard InChI is InChI=1S/C22H27ClN2O2.ClH/c1-16-11-17(2)13-18(12-16)27-15-22(26)24-14-21(25-9-5-6-10-25)19-7-3-4-8-20(19)23;/h3-4,7-8,11-13,21H,5-6,9-10,14-15H2,1-2H3,(H,24,26);1H. The van der Waals surface area contributed by atoms with Gasteiger partial charge in [-0.1, -0.05) is 35.9 Å². The second-order valence-electron chi connectivity index (χ2n) is 7.20. The average Bonchev–Trinajstić information content (AvgIpc) is 3.15. The first kappa shape index (κ1) is 22.5. The number of ether oxygens (including phenoxy) is 1. The summed E-state index contributed by atoms with van der Waals surface area (Å²) >= 11 is 6.42. The number of hydrogen-bond acceptors (Lipinski definition) is 3. The molecular formula is C22H28Cl2N2O2. The number of hydrogen-bond donors (Lipinski definition) is 1. The minimum absolute atomic E-state index is 0. The lowest BCUT2D eigenvalue weighted by Crippen LogP contribution is -2.38. The van der Waals surface area contributed by atoms with Crippen molar-refractivity contribution < 1.29 is 9.53 Å². The number of aryl methyl sites for hydroxylation is 2. The molecule has 1 saturated heterocycles. The molecule has 0 radical (unpaired) electrons. The van der Waals surface area contributed by atoms with Gasteiger partial charge in [0.1, 0.15) is 5.75 Å². The van der Waals surface area contributed by atoms with Gasteiger partial charge in [0.15, 0.2) is 6.61 Å². The quantitative estimate of drug-likeness (QED) is 0.701. The highest BCUT2D eigenvalue weighted by Crippen LogP contribution is 2.29. The Morgan fingerprint density at radius 2 is 1.79 bits per heavy atom. The maximum Gasteiger partial charge on any atom is 0.258 e. The number of amides is 1. The molecule has 6 heteroatoms. The molecule has 3 rings (SSSR count). The predicted molar refractivity (Wildman–Crippen MR) is 117 cm³/mol. The van der Waals surface area contributed by atoms with E-state index in [-0.39, 0.29) is 31.0 Å². The van der Waals surface area contributed by atoms with Crippen molar-refractivity contribution in [1.29, 1.82) is 0 Å². The lowest BCUT2D eigenvalue weighted by molar-refractivity contribution is -0.123. The Morgan fingerprint density at radius 3 is 2.43 bits per heavy atom. The first-order chi connectivity index (χ1) is 13.0. The van der Waals surface area contributed by atoms with E-state index in [4.69, 9.17) is 16.3 Å². The zero-order valence-corrected chi connectivity index (χ0v) is 18.0. The SMILES string of the molecule is Cc1cc(C)cc(OCC(=O)NCC(c2ccccc2Cl)N2CCCC2)c1.Cl. The maximum absolute atomic E-state index is 12.3. The van der Waals surface area contributed by atoms with Crippen molar-refractivity contribution in [3.8, 4) is 5.75 Å². The van der Waals surface area contributed by atoms with E-state index < -0.39 is 0 Å². The zero-order chi connectivity index (χ0) is 19.2. The van der Waals surface area contributed by atoms with Crippen molar-refractivity contribution in [2.24, 2.45) is 0 Å². The number of carbonyl (C=O) groups excluding carboxylic acids is 1. The molecule has 1 amide bonds. The number of halogens is 2. The summed E-state index contributed by atoms with van der Waals surface area (Å²) in [5.74, 6) is 0.607. The smallest absolute Gasteiger partial charge is 0.258 e. The Balaban J connectivity index is 0.00000280. The highest BCUT2D eigenvalue weighted by atomic mass is 35.5. The Labute approximate surface area is 178 Å². The van der Waals surface area contributed by atoms with E-state index in [0.29, 0.717) is 6.54 Å². The van der Waals surface area contributed by atoms with E-state index in [0.717, 1.165) is 40.6 Å². The number of benzene rings is 2. The van der Waals surface area contributed by atoms with Crippen LogP contribution in [0.3, 0.4) is 0 Å². The lowest BCUT2D eigenvalue weighted by Gasteiger charge is -2.29. The maximum atomic E-state index is 12.3. The fraction of sp³-hybridized carbons (Fsp3) is 0.409. The van der Waals surface area contributed by atoms with Crippen LogP contribution in [-0.2, 0) is 4.79 Å². The largest absolute Gasteiger partial charge is 0.484 e. The molecule has 0 saturated carbocycles. The molecule has 0 spiro atoms. The van der Waals surface area contributed by atoms with Gasteiger partial charge in [0.2, 0.25) is 0 Å². The number of carbonyl (C=O) groups is 1. The molecule has 2 aromatic rings. The van der Waals surface area contributed by atoms with Gasteiger partial charge in [0.25, 0.3) is 5.91 Å². The van der Waals surface area contributed by atoms with Crippen LogP contribution in [0.25, 0.3) is 0 Å². The van der Waals surface area contributed by atoms with Crippen molar-refractivity contribution >= 4 is 29.9 Å². The van der Waals surface area contributed by atoms with Crippen LogP contribution < -0.4 is 10.1 Å². The van der Waals surface area contributed by atoms with E-state index in [9.17, 15) is 4.79 Å². The summed E-state index contributed by atoms with van der Waals surface area (Å²) in [4.78, 5) is 14.7. The van der Waals surface area contributed by atoms with Crippen molar-refractivity contribution in [3.05, 3.63) is 64.2 Å². The lowest BCUT2D eigenvalue weighted by atomic mass is 10.1. The molecule has 4 nitrogen and oxygen atoms in total. The first-order valence-electron chi connectivity index (χ1n) is 9.49. The van der Waals surface area contributed by atoms with Crippen LogP contribution in [-0.4, -0.2) is 37.0 Å². The first-order valence-corrected chi connectivity index (χ1v) is 9.87. The average molecular weight is 423 g/mol. The van der Waals surface area contributed by atoms with Crippen molar-refractivity contribution in [1.82, 2.24) is 10.2 Å². The van der Waals surface area contributed by atoms with Crippen molar-refractivity contribution in [3.63, 3.8) is 0 Å². The molecule has 1 fully saturated rings. The topological polar surface area (TPSA) is 41.6 Å². The molecule has 1 atom stereocenters. The number of rotatable bonds is 7. The van der Waals surface area contributed by atoms with E-state index in [2.05, 4.69) is 16.3 Å². The van der Waals surface area contributed by atoms with Crippen LogP contribution >= 0.6 is 24.0 Å². The van der Waals surface area contributed by atoms with E-state index in [1.165, 1.54) is 12.8 Å². The highest BCUT2D eigenvalue weighted by Gasteiger charge is 2.25. The molecule has 1 heterocycles. The van der Waals surface area contributed by atoms with E-state index in [1.54, 1.807) is 0 Å². The Kier molecular flexibility index (Phi) is 8.61. The molecule has 0 bridgehead atoms. The molecule has 152 valence electrons. The summed E-state index contributed by atoms with van der Waals surface area (Å²) in [6.07, 6.45) is 2.37. The minimum Gasteiger partial charge on any atom is -0.484 e. The summed E-state index contributed by atoms with van der Waals surface area (Å²) in [5.41, 5.74) is 3.31. The van der Waals surface area contributed by atoms with Gasteiger partial charge in [-0.3, -0.25) is 9.69 Å². The Bertz CT molecular complexity index is 772.